The molecule has 0 bridgehead atoms. The molecule has 3 rings (SSSR count). The highest BCUT2D eigenvalue weighted by molar-refractivity contribution is 6.04. The summed E-state index contributed by atoms with van der Waals surface area (Å²) in [4.78, 5) is 37.2. The second-order valence-corrected chi connectivity index (χ2v) is 6.89. The normalized spacial score (nSPS) is 16.5. The fraction of sp³-hybridized carbons (Fsp3) is 0.300. The molecule has 140 valence electrons. The molecule has 1 heterocycles. The summed E-state index contributed by atoms with van der Waals surface area (Å²) in [7, 11) is 0. The molecule has 2 aromatic carbocycles. The predicted octanol–water partition coefficient (Wildman–Crippen LogP) is 3.51. The molecule has 1 aliphatic heterocycles. The highest BCUT2D eigenvalue weighted by atomic mass is 16.6. The summed E-state index contributed by atoms with van der Waals surface area (Å²) >= 11 is 0. The van der Waals surface area contributed by atoms with Crippen LogP contribution < -0.4 is 10.2 Å². The maximum Gasteiger partial charge on any atom is 0.274 e. The number of para-hydroxylation sites is 1. The number of anilines is 2. The van der Waals surface area contributed by atoms with Crippen molar-refractivity contribution in [3.05, 3.63) is 63.2 Å². The number of aryl methyl sites for hydroxylation is 3. The van der Waals surface area contributed by atoms with E-state index in [1.165, 1.54) is 11.0 Å². The Balaban J connectivity index is 1.78. The van der Waals surface area contributed by atoms with Crippen LogP contribution in [-0.4, -0.2) is 23.3 Å². The van der Waals surface area contributed by atoms with Crippen LogP contribution in [0.15, 0.2) is 36.4 Å². The van der Waals surface area contributed by atoms with E-state index < -0.39 is 10.8 Å². The van der Waals surface area contributed by atoms with E-state index in [0.717, 1.165) is 16.8 Å². The van der Waals surface area contributed by atoms with Gasteiger partial charge < -0.3 is 10.2 Å². The average Bonchev–Trinajstić information content (AvgIpc) is 3.00. The van der Waals surface area contributed by atoms with E-state index in [1.807, 2.05) is 32.0 Å². The molecule has 1 saturated heterocycles. The van der Waals surface area contributed by atoms with Crippen LogP contribution in [0.5, 0.6) is 0 Å². The minimum absolute atomic E-state index is 0.0382. The first-order valence-electron chi connectivity index (χ1n) is 8.70. The number of nitro groups is 1. The van der Waals surface area contributed by atoms with Crippen molar-refractivity contribution in [3.8, 4) is 0 Å². The van der Waals surface area contributed by atoms with Crippen molar-refractivity contribution in [1.29, 1.82) is 0 Å². The summed E-state index contributed by atoms with van der Waals surface area (Å²) in [6.07, 6.45) is 0.0818. The van der Waals surface area contributed by atoms with Gasteiger partial charge in [-0.05, 0) is 38.0 Å². The van der Waals surface area contributed by atoms with Gasteiger partial charge in [-0.15, -0.1) is 0 Å². The lowest BCUT2D eigenvalue weighted by molar-refractivity contribution is -0.385. The molecule has 0 unspecified atom stereocenters. The molecule has 1 aliphatic rings. The van der Waals surface area contributed by atoms with Crippen LogP contribution in [-0.2, 0) is 9.59 Å². The number of nitrogens with one attached hydrogen (secondary N) is 1. The monoisotopic (exact) mass is 367 g/mol. The van der Waals surface area contributed by atoms with Gasteiger partial charge in [0, 0.05) is 30.3 Å². The second-order valence-electron chi connectivity index (χ2n) is 6.89. The van der Waals surface area contributed by atoms with Gasteiger partial charge in [0.15, 0.2) is 0 Å². The number of carbonyl (C=O) groups is 2. The topological polar surface area (TPSA) is 92.6 Å². The predicted molar refractivity (Wildman–Crippen MR) is 103 cm³/mol. The number of amides is 2. The lowest BCUT2D eigenvalue weighted by Gasteiger charge is -2.18. The van der Waals surface area contributed by atoms with Crippen molar-refractivity contribution in [1.82, 2.24) is 0 Å². The van der Waals surface area contributed by atoms with Crippen LogP contribution in [0.25, 0.3) is 0 Å². The zero-order valence-corrected chi connectivity index (χ0v) is 15.5. The highest BCUT2D eigenvalue weighted by Gasteiger charge is 2.36. The minimum Gasteiger partial charge on any atom is -0.325 e. The van der Waals surface area contributed by atoms with E-state index in [-0.39, 0.29) is 30.5 Å². The third-order valence-corrected chi connectivity index (χ3v) is 4.93. The van der Waals surface area contributed by atoms with Gasteiger partial charge in [0.1, 0.15) is 0 Å². The van der Waals surface area contributed by atoms with E-state index in [9.17, 15) is 19.7 Å². The maximum atomic E-state index is 12.7. The molecule has 2 amide bonds. The Bertz CT molecular complexity index is 919. The van der Waals surface area contributed by atoms with Crippen molar-refractivity contribution in [2.24, 2.45) is 5.92 Å². The number of benzene rings is 2. The smallest absolute Gasteiger partial charge is 0.274 e. The summed E-state index contributed by atoms with van der Waals surface area (Å²) in [6, 6.07) is 10.4. The van der Waals surface area contributed by atoms with E-state index in [0.29, 0.717) is 11.3 Å². The minimum atomic E-state index is -0.503. The molecule has 0 radical (unpaired) electrons. The van der Waals surface area contributed by atoms with Crippen LogP contribution in [0, 0.1) is 36.8 Å². The molecule has 7 heteroatoms. The van der Waals surface area contributed by atoms with Gasteiger partial charge in [0.2, 0.25) is 11.8 Å². The third-order valence-electron chi connectivity index (χ3n) is 4.93. The molecule has 0 aliphatic carbocycles. The van der Waals surface area contributed by atoms with Gasteiger partial charge in [0.05, 0.1) is 16.5 Å². The van der Waals surface area contributed by atoms with Gasteiger partial charge in [-0.2, -0.15) is 0 Å². The Hall–Kier alpha value is -3.22. The van der Waals surface area contributed by atoms with Crippen LogP contribution in [0.1, 0.15) is 23.1 Å². The summed E-state index contributed by atoms with van der Waals surface area (Å²) < 4.78 is 0. The first-order chi connectivity index (χ1) is 12.8. The molecule has 1 N–H and O–H groups in total. The number of carbonyl (C=O) groups excluding carboxylic acids is 2. The largest absolute Gasteiger partial charge is 0.325 e. The molecule has 27 heavy (non-hydrogen) atoms. The van der Waals surface area contributed by atoms with Crippen molar-refractivity contribution in [2.75, 3.05) is 16.8 Å². The standard InChI is InChI=1S/C20H21N3O4/c1-12-7-8-16(10-17(12)23(26)27)22-11-15(9-18(22)24)20(25)21-19-13(2)5-4-6-14(19)3/h4-8,10,15H,9,11H2,1-3H3,(H,21,25)/t15-/m1/s1. The SMILES string of the molecule is Cc1ccc(N2C[C@H](C(=O)Nc3c(C)cccc3C)CC2=O)cc1[N+](=O)[O-]. The third kappa shape index (κ3) is 3.67. The van der Waals surface area contributed by atoms with Crippen molar-refractivity contribution < 1.29 is 14.5 Å². The number of nitro benzene ring substituents is 1. The number of hydrogen-bond acceptors (Lipinski definition) is 4. The lowest BCUT2D eigenvalue weighted by atomic mass is 10.1. The molecule has 0 saturated carbocycles. The summed E-state index contributed by atoms with van der Waals surface area (Å²) in [6.45, 7) is 5.69. The van der Waals surface area contributed by atoms with Gasteiger partial charge in [-0.25, -0.2) is 0 Å². The highest BCUT2D eigenvalue weighted by Crippen LogP contribution is 2.31. The van der Waals surface area contributed by atoms with E-state index in [1.54, 1.807) is 19.1 Å². The molecule has 0 spiro atoms. The number of rotatable bonds is 4. The first-order valence-corrected chi connectivity index (χ1v) is 8.70. The average molecular weight is 367 g/mol. The Morgan fingerprint density at radius 3 is 2.44 bits per heavy atom. The number of nitrogens with zero attached hydrogens (tertiary/aromatic N) is 2. The molecular formula is C20H21N3O4. The lowest BCUT2D eigenvalue weighted by Crippen LogP contribution is -2.28. The summed E-state index contributed by atoms with van der Waals surface area (Å²) in [5.41, 5.74) is 3.61. The molecule has 2 aromatic rings. The van der Waals surface area contributed by atoms with Crippen LogP contribution in [0.2, 0.25) is 0 Å². The van der Waals surface area contributed by atoms with Crippen molar-refractivity contribution in [3.63, 3.8) is 0 Å². The van der Waals surface area contributed by atoms with E-state index in [4.69, 9.17) is 0 Å². The van der Waals surface area contributed by atoms with Crippen LogP contribution in [0.3, 0.4) is 0 Å². The van der Waals surface area contributed by atoms with Gasteiger partial charge in [-0.1, -0.05) is 24.3 Å². The molecule has 1 fully saturated rings. The zero-order chi connectivity index (χ0) is 19.7. The number of hydrogen-bond donors (Lipinski definition) is 1. The quantitative estimate of drug-likeness (QED) is 0.661. The molecule has 1 atom stereocenters. The van der Waals surface area contributed by atoms with E-state index >= 15 is 0 Å². The first kappa shape index (κ1) is 18.6. The van der Waals surface area contributed by atoms with Crippen molar-refractivity contribution in [2.45, 2.75) is 27.2 Å². The van der Waals surface area contributed by atoms with Gasteiger partial charge in [0.25, 0.3) is 5.69 Å². The van der Waals surface area contributed by atoms with Gasteiger partial charge in [-0.3, -0.25) is 19.7 Å². The molecular weight excluding hydrogens is 346 g/mol. The Kier molecular flexibility index (Phi) is 4.94. The molecule has 7 nitrogen and oxygen atoms in total. The summed E-state index contributed by atoms with van der Waals surface area (Å²) in [5, 5.41) is 14.1. The van der Waals surface area contributed by atoms with Crippen LogP contribution >= 0.6 is 0 Å². The zero-order valence-electron chi connectivity index (χ0n) is 15.5. The Labute approximate surface area is 157 Å². The second kappa shape index (κ2) is 7.19. The summed E-state index contributed by atoms with van der Waals surface area (Å²) in [5.74, 6) is -0.934. The van der Waals surface area contributed by atoms with Gasteiger partial charge >= 0.3 is 0 Å². The fourth-order valence-electron chi connectivity index (χ4n) is 3.33. The fourth-order valence-corrected chi connectivity index (χ4v) is 3.33. The molecule has 0 aromatic heterocycles. The maximum absolute atomic E-state index is 12.7. The van der Waals surface area contributed by atoms with Crippen LogP contribution in [0.4, 0.5) is 17.1 Å². The van der Waals surface area contributed by atoms with Crippen molar-refractivity contribution >= 4 is 28.9 Å². The van der Waals surface area contributed by atoms with E-state index in [2.05, 4.69) is 5.32 Å². The Morgan fingerprint density at radius 2 is 1.81 bits per heavy atom. The Morgan fingerprint density at radius 1 is 1.15 bits per heavy atom.